The average Bonchev–Trinajstić information content (AvgIpc) is 3.20. The van der Waals surface area contributed by atoms with Crippen molar-refractivity contribution in [3.63, 3.8) is 0 Å². The second kappa shape index (κ2) is 9.60. The highest BCUT2D eigenvalue weighted by molar-refractivity contribution is 7.99. The highest BCUT2D eigenvalue weighted by atomic mass is 32.2. The van der Waals surface area contributed by atoms with E-state index in [0.717, 1.165) is 28.6 Å². The van der Waals surface area contributed by atoms with Gasteiger partial charge in [-0.1, -0.05) is 23.9 Å². The molecule has 9 nitrogen and oxygen atoms in total. The third-order valence-corrected chi connectivity index (χ3v) is 4.60. The Morgan fingerprint density at radius 2 is 1.83 bits per heavy atom. The van der Waals surface area contributed by atoms with Crippen molar-refractivity contribution in [2.45, 2.75) is 11.8 Å². The molecule has 0 unspecified atom stereocenters. The summed E-state index contributed by atoms with van der Waals surface area (Å²) < 4.78 is 10.7. The van der Waals surface area contributed by atoms with E-state index in [2.05, 4.69) is 20.8 Å². The number of ether oxygens (including phenoxy) is 1. The van der Waals surface area contributed by atoms with Gasteiger partial charge in [-0.25, -0.2) is 4.79 Å². The maximum atomic E-state index is 12.0. The third kappa shape index (κ3) is 5.98. The SMILES string of the molecule is COc1ccc(-c2nnc(SCC(=O)NCc3ccc(NC(N)=O)cc3)o2)cc1. The average molecular weight is 413 g/mol. The Labute approximate surface area is 171 Å². The fraction of sp³-hybridized carbons (Fsp3) is 0.158. The Morgan fingerprint density at radius 3 is 2.48 bits per heavy atom. The minimum absolute atomic E-state index is 0.144. The summed E-state index contributed by atoms with van der Waals surface area (Å²) in [5.41, 5.74) is 7.30. The van der Waals surface area contributed by atoms with Crippen LogP contribution in [-0.2, 0) is 11.3 Å². The summed E-state index contributed by atoms with van der Waals surface area (Å²) in [7, 11) is 1.60. The number of carbonyl (C=O) groups is 2. The van der Waals surface area contributed by atoms with E-state index in [-0.39, 0.29) is 11.7 Å². The van der Waals surface area contributed by atoms with E-state index < -0.39 is 6.03 Å². The van der Waals surface area contributed by atoms with Crippen molar-refractivity contribution < 1.29 is 18.7 Å². The number of primary amides is 1. The zero-order chi connectivity index (χ0) is 20.6. The molecule has 4 N–H and O–H groups in total. The molecule has 3 rings (SSSR count). The summed E-state index contributed by atoms with van der Waals surface area (Å²) in [5.74, 6) is 1.09. The monoisotopic (exact) mass is 413 g/mol. The van der Waals surface area contributed by atoms with Crippen LogP contribution < -0.4 is 21.1 Å². The van der Waals surface area contributed by atoms with Gasteiger partial charge in [-0.2, -0.15) is 0 Å². The lowest BCUT2D eigenvalue weighted by Crippen LogP contribution is -2.24. The molecule has 3 amide bonds. The number of nitrogens with one attached hydrogen (secondary N) is 2. The molecule has 0 saturated carbocycles. The number of hydrogen-bond donors (Lipinski definition) is 3. The largest absolute Gasteiger partial charge is 0.497 e. The van der Waals surface area contributed by atoms with Gasteiger partial charge in [0.2, 0.25) is 11.8 Å². The molecule has 10 heteroatoms. The molecule has 0 bridgehead atoms. The Balaban J connectivity index is 1.45. The zero-order valence-corrected chi connectivity index (χ0v) is 16.4. The number of nitrogens with two attached hydrogens (primary N) is 1. The molecule has 2 aromatic carbocycles. The van der Waals surface area contributed by atoms with Crippen molar-refractivity contribution in [1.82, 2.24) is 15.5 Å². The molecule has 0 spiro atoms. The molecule has 1 aromatic heterocycles. The summed E-state index contributed by atoms with van der Waals surface area (Å²) in [6.07, 6.45) is 0. The van der Waals surface area contributed by atoms with Crippen LogP contribution >= 0.6 is 11.8 Å². The van der Waals surface area contributed by atoms with Crippen molar-refractivity contribution in [2.24, 2.45) is 5.73 Å². The van der Waals surface area contributed by atoms with Gasteiger partial charge in [0.25, 0.3) is 5.22 Å². The molecule has 150 valence electrons. The molecule has 0 aliphatic rings. The number of nitrogens with zero attached hydrogens (tertiary/aromatic N) is 2. The fourth-order valence-corrected chi connectivity index (χ4v) is 2.94. The number of thioether (sulfide) groups is 1. The Hall–Kier alpha value is -3.53. The molecule has 0 aliphatic heterocycles. The van der Waals surface area contributed by atoms with Crippen molar-refractivity contribution in [3.8, 4) is 17.2 Å². The van der Waals surface area contributed by atoms with Crippen LogP contribution in [0.2, 0.25) is 0 Å². The zero-order valence-electron chi connectivity index (χ0n) is 15.5. The molecule has 0 atom stereocenters. The fourth-order valence-electron chi connectivity index (χ4n) is 2.35. The molecule has 3 aromatic rings. The van der Waals surface area contributed by atoms with Crippen LogP contribution in [0.1, 0.15) is 5.56 Å². The van der Waals surface area contributed by atoms with Crippen molar-refractivity contribution in [1.29, 1.82) is 0 Å². The van der Waals surface area contributed by atoms with Crippen LogP contribution in [0.25, 0.3) is 11.5 Å². The molecular weight excluding hydrogens is 394 g/mol. The topological polar surface area (TPSA) is 132 Å². The number of aromatic nitrogens is 2. The lowest BCUT2D eigenvalue weighted by molar-refractivity contribution is -0.118. The Kier molecular flexibility index (Phi) is 6.69. The van der Waals surface area contributed by atoms with E-state index >= 15 is 0 Å². The molecule has 0 radical (unpaired) electrons. The molecule has 1 heterocycles. The second-order valence-electron chi connectivity index (χ2n) is 5.85. The predicted molar refractivity (Wildman–Crippen MR) is 109 cm³/mol. The van der Waals surface area contributed by atoms with Gasteiger partial charge < -0.3 is 25.5 Å². The highest BCUT2D eigenvalue weighted by Crippen LogP contribution is 2.24. The van der Waals surface area contributed by atoms with Crippen LogP contribution in [0.3, 0.4) is 0 Å². The number of rotatable bonds is 8. The molecule has 0 fully saturated rings. The van der Waals surface area contributed by atoms with Crippen LogP contribution in [0, 0.1) is 0 Å². The number of methoxy groups -OCH3 is 1. The van der Waals surface area contributed by atoms with Gasteiger partial charge in [-0.3, -0.25) is 4.79 Å². The maximum absolute atomic E-state index is 12.0. The van der Waals surface area contributed by atoms with Crippen LogP contribution in [-0.4, -0.2) is 35.0 Å². The normalized spacial score (nSPS) is 10.4. The smallest absolute Gasteiger partial charge is 0.316 e. The van der Waals surface area contributed by atoms with Crippen molar-refractivity contribution in [3.05, 3.63) is 54.1 Å². The first-order chi connectivity index (χ1) is 14.0. The van der Waals surface area contributed by atoms with Crippen LogP contribution in [0.5, 0.6) is 5.75 Å². The summed E-state index contributed by atoms with van der Waals surface area (Å²) in [6, 6.07) is 13.6. The number of hydrogen-bond acceptors (Lipinski definition) is 7. The number of carbonyl (C=O) groups excluding carboxylic acids is 2. The first-order valence-corrected chi connectivity index (χ1v) is 9.55. The summed E-state index contributed by atoms with van der Waals surface area (Å²) >= 11 is 1.16. The standard InChI is InChI=1S/C19H19N5O4S/c1-27-15-8-4-13(5-9-15)17-23-24-19(28-17)29-11-16(25)21-10-12-2-6-14(7-3-12)22-18(20)26/h2-9H,10-11H2,1H3,(H,21,25)(H3,20,22,26). The predicted octanol–water partition coefficient (Wildman–Crippen LogP) is 2.64. The van der Waals surface area contributed by atoms with Crippen molar-refractivity contribution >= 4 is 29.4 Å². The van der Waals surface area contributed by atoms with Crippen LogP contribution in [0.4, 0.5) is 10.5 Å². The Morgan fingerprint density at radius 1 is 1.10 bits per heavy atom. The quantitative estimate of drug-likeness (QED) is 0.484. The summed E-state index contributed by atoms with van der Waals surface area (Å²) in [5, 5.41) is 13.5. The van der Waals surface area contributed by atoms with Gasteiger partial charge in [0.1, 0.15) is 5.75 Å². The molecule has 0 saturated heterocycles. The van der Waals surface area contributed by atoms with Gasteiger partial charge >= 0.3 is 6.03 Å². The van der Waals surface area contributed by atoms with E-state index in [0.29, 0.717) is 23.3 Å². The summed E-state index contributed by atoms with van der Waals surface area (Å²) in [4.78, 5) is 22.8. The van der Waals surface area contributed by atoms with E-state index in [1.165, 1.54) is 0 Å². The minimum atomic E-state index is -0.626. The molecular formula is C19H19N5O4S. The number of benzene rings is 2. The maximum Gasteiger partial charge on any atom is 0.316 e. The van der Waals surface area contributed by atoms with Gasteiger partial charge in [0.05, 0.1) is 12.9 Å². The van der Waals surface area contributed by atoms with Crippen LogP contribution in [0.15, 0.2) is 58.2 Å². The van der Waals surface area contributed by atoms with Gasteiger partial charge in [-0.15, -0.1) is 10.2 Å². The second-order valence-corrected chi connectivity index (χ2v) is 6.78. The van der Waals surface area contributed by atoms with E-state index in [1.54, 1.807) is 43.5 Å². The van der Waals surface area contributed by atoms with Gasteiger partial charge in [-0.05, 0) is 42.0 Å². The lowest BCUT2D eigenvalue weighted by atomic mass is 10.2. The van der Waals surface area contributed by atoms with Crippen molar-refractivity contribution in [2.75, 3.05) is 18.2 Å². The number of anilines is 1. The number of amides is 3. The first-order valence-electron chi connectivity index (χ1n) is 8.56. The van der Waals surface area contributed by atoms with E-state index in [4.69, 9.17) is 14.9 Å². The van der Waals surface area contributed by atoms with Gasteiger partial charge in [0, 0.05) is 17.8 Å². The Bertz CT molecular complexity index is 973. The highest BCUT2D eigenvalue weighted by Gasteiger charge is 2.11. The van der Waals surface area contributed by atoms with E-state index in [9.17, 15) is 9.59 Å². The molecule has 29 heavy (non-hydrogen) atoms. The lowest BCUT2D eigenvalue weighted by Gasteiger charge is -2.06. The van der Waals surface area contributed by atoms with Gasteiger partial charge in [0.15, 0.2) is 0 Å². The first kappa shape index (κ1) is 20.2. The molecule has 0 aliphatic carbocycles. The van der Waals surface area contributed by atoms with E-state index in [1.807, 2.05) is 12.1 Å². The third-order valence-electron chi connectivity index (χ3n) is 3.78. The minimum Gasteiger partial charge on any atom is -0.497 e. The number of urea groups is 1. The summed E-state index contributed by atoms with van der Waals surface area (Å²) in [6.45, 7) is 0.358.